The van der Waals surface area contributed by atoms with Gasteiger partial charge in [0.25, 0.3) is 0 Å². The van der Waals surface area contributed by atoms with Crippen LogP contribution in [0.15, 0.2) is 59.4 Å². The first kappa shape index (κ1) is 18.9. The van der Waals surface area contributed by atoms with Crippen LogP contribution in [0.2, 0.25) is 0 Å². The van der Waals surface area contributed by atoms with E-state index in [0.29, 0.717) is 6.54 Å². The average molecular weight is 369 g/mol. The first-order valence-electron chi connectivity index (χ1n) is 9.21. The van der Waals surface area contributed by atoms with Gasteiger partial charge in [-0.05, 0) is 56.2 Å². The first-order valence-corrected chi connectivity index (χ1v) is 9.21. The Kier molecular flexibility index (Phi) is 6.06. The van der Waals surface area contributed by atoms with Crippen LogP contribution in [-0.2, 0) is 6.54 Å². The van der Waals surface area contributed by atoms with Gasteiger partial charge in [0, 0.05) is 30.5 Å². The molecule has 1 N–H and O–H groups in total. The molecule has 1 aromatic carbocycles. The summed E-state index contributed by atoms with van der Waals surface area (Å²) in [6.45, 7) is 8.31. The maximum Gasteiger partial charge on any atom is 0.322 e. The molecule has 1 aromatic heterocycles. The minimum atomic E-state index is -0.120. The second-order valence-corrected chi connectivity index (χ2v) is 6.82. The lowest BCUT2D eigenvalue weighted by molar-refractivity contribution is 0.133. The minimum Gasteiger partial charge on any atom is -0.497 e. The van der Waals surface area contributed by atoms with Gasteiger partial charge in [0.2, 0.25) is 0 Å². The number of carbonyl (C=O) groups excluding carboxylic acids is 1. The Morgan fingerprint density at radius 2 is 2.00 bits per heavy atom. The van der Waals surface area contributed by atoms with Gasteiger partial charge >= 0.3 is 6.03 Å². The lowest BCUT2D eigenvalue weighted by Crippen LogP contribution is -2.48. The molecule has 0 unspecified atom stereocenters. The molecule has 0 spiro atoms. The number of nitrogens with zero attached hydrogens (tertiary/aromatic N) is 2. The molecule has 27 heavy (non-hydrogen) atoms. The number of furan rings is 1. The summed E-state index contributed by atoms with van der Waals surface area (Å²) in [6.07, 6.45) is 3.45. The molecule has 3 rings (SSSR count). The van der Waals surface area contributed by atoms with Crippen molar-refractivity contribution in [1.82, 2.24) is 9.80 Å². The predicted molar refractivity (Wildman–Crippen MR) is 106 cm³/mol. The van der Waals surface area contributed by atoms with Crippen molar-refractivity contribution in [3.05, 3.63) is 60.7 Å². The zero-order valence-corrected chi connectivity index (χ0v) is 16.0. The van der Waals surface area contributed by atoms with E-state index in [1.165, 1.54) is 0 Å². The number of benzene rings is 1. The molecule has 1 saturated heterocycles. The molecule has 0 atom stereocenters. The summed E-state index contributed by atoms with van der Waals surface area (Å²) in [4.78, 5) is 17.2. The van der Waals surface area contributed by atoms with Gasteiger partial charge in [-0.25, -0.2) is 4.79 Å². The first-order chi connectivity index (χ1) is 13.1. The molecule has 2 amide bonds. The normalized spacial score (nSPS) is 14.7. The van der Waals surface area contributed by atoms with Crippen LogP contribution in [0.1, 0.15) is 25.5 Å². The van der Waals surface area contributed by atoms with Crippen LogP contribution in [0.3, 0.4) is 0 Å². The number of ether oxygens (including phenoxy) is 1. The highest BCUT2D eigenvalue weighted by Gasteiger charge is 2.28. The number of carbonyl (C=O) groups is 1. The number of hydrogen-bond donors (Lipinski definition) is 1. The number of amides is 2. The third kappa shape index (κ3) is 4.84. The van der Waals surface area contributed by atoms with Crippen molar-refractivity contribution in [3.8, 4) is 5.75 Å². The Balaban J connectivity index is 1.70. The average Bonchev–Trinajstić information content (AvgIpc) is 3.20. The number of likely N-dealkylation sites (tertiary alicyclic amines) is 1. The van der Waals surface area contributed by atoms with Gasteiger partial charge in [-0.1, -0.05) is 6.58 Å². The van der Waals surface area contributed by atoms with Gasteiger partial charge in [-0.15, -0.1) is 0 Å². The molecule has 2 aromatic rings. The fourth-order valence-electron chi connectivity index (χ4n) is 3.37. The minimum absolute atomic E-state index is 0.120. The van der Waals surface area contributed by atoms with E-state index in [4.69, 9.17) is 9.15 Å². The maximum atomic E-state index is 13.0. The summed E-state index contributed by atoms with van der Waals surface area (Å²) in [5.41, 5.74) is 1.82. The Morgan fingerprint density at radius 3 is 2.56 bits per heavy atom. The van der Waals surface area contributed by atoms with Crippen molar-refractivity contribution in [1.29, 1.82) is 0 Å². The Hall–Kier alpha value is -2.89. The summed E-state index contributed by atoms with van der Waals surface area (Å²) in [6, 6.07) is 11.1. The summed E-state index contributed by atoms with van der Waals surface area (Å²) in [7, 11) is 1.62. The molecule has 6 heteroatoms. The third-order valence-corrected chi connectivity index (χ3v) is 4.95. The molecule has 1 fully saturated rings. The van der Waals surface area contributed by atoms with Gasteiger partial charge in [-0.2, -0.15) is 0 Å². The van der Waals surface area contributed by atoms with Gasteiger partial charge in [0.15, 0.2) is 0 Å². The van der Waals surface area contributed by atoms with Crippen molar-refractivity contribution < 1.29 is 13.9 Å². The molecule has 1 aliphatic rings. The van der Waals surface area contributed by atoms with Crippen molar-refractivity contribution in [2.24, 2.45) is 0 Å². The van der Waals surface area contributed by atoms with Crippen LogP contribution in [0, 0.1) is 0 Å². The fourth-order valence-corrected chi connectivity index (χ4v) is 3.37. The Morgan fingerprint density at radius 1 is 1.30 bits per heavy atom. The van der Waals surface area contributed by atoms with E-state index in [1.807, 2.05) is 48.2 Å². The maximum absolute atomic E-state index is 13.0. The predicted octanol–water partition coefficient (Wildman–Crippen LogP) is 4.32. The second-order valence-electron chi connectivity index (χ2n) is 6.82. The summed E-state index contributed by atoms with van der Waals surface area (Å²) in [5, 5.41) is 3.00. The van der Waals surface area contributed by atoms with Gasteiger partial charge in [0.05, 0.1) is 19.9 Å². The molecule has 2 heterocycles. The molecular weight excluding hydrogens is 342 g/mol. The van der Waals surface area contributed by atoms with E-state index in [-0.39, 0.29) is 12.1 Å². The van der Waals surface area contributed by atoms with E-state index in [2.05, 4.69) is 16.8 Å². The summed E-state index contributed by atoms with van der Waals surface area (Å²) >= 11 is 0. The van der Waals surface area contributed by atoms with Gasteiger partial charge in [-0.3, -0.25) is 0 Å². The molecule has 1 aliphatic heterocycles. The highest BCUT2D eigenvalue weighted by Crippen LogP contribution is 2.23. The molecule has 0 aliphatic carbocycles. The SMILES string of the molecule is C=C(C)N1CCC(N(Cc2ccco2)C(=O)Nc2ccc(OC)cc2)CC1. The number of methoxy groups -OCH3 is 1. The smallest absolute Gasteiger partial charge is 0.322 e. The highest BCUT2D eigenvalue weighted by molar-refractivity contribution is 5.89. The van der Waals surface area contributed by atoms with E-state index in [0.717, 1.165) is 48.8 Å². The van der Waals surface area contributed by atoms with Crippen LogP contribution in [-0.4, -0.2) is 42.1 Å². The van der Waals surface area contributed by atoms with E-state index >= 15 is 0 Å². The zero-order valence-electron chi connectivity index (χ0n) is 16.0. The number of piperidine rings is 1. The Labute approximate surface area is 160 Å². The number of allylic oxidation sites excluding steroid dienone is 1. The van der Waals surface area contributed by atoms with Crippen LogP contribution in [0.25, 0.3) is 0 Å². The quantitative estimate of drug-likeness (QED) is 0.824. The monoisotopic (exact) mass is 369 g/mol. The fraction of sp³-hybridized carbons (Fsp3) is 0.381. The number of nitrogens with one attached hydrogen (secondary N) is 1. The van der Waals surface area contributed by atoms with Crippen molar-refractivity contribution >= 4 is 11.7 Å². The van der Waals surface area contributed by atoms with E-state index in [9.17, 15) is 4.79 Å². The number of hydrogen-bond acceptors (Lipinski definition) is 4. The second kappa shape index (κ2) is 8.66. The van der Waals surface area contributed by atoms with Crippen LogP contribution in [0.5, 0.6) is 5.75 Å². The summed E-state index contributed by atoms with van der Waals surface area (Å²) < 4.78 is 10.7. The lowest BCUT2D eigenvalue weighted by atomic mass is 10.0. The van der Waals surface area contributed by atoms with Gasteiger partial charge in [0.1, 0.15) is 11.5 Å². The van der Waals surface area contributed by atoms with Crippen molar-refractivity contribution in [2.45, 2.75) is 32.4 Å². The van der Waals surface area contributed by atoms with Crippen LogP contribution >= 0.6 is 0 Å². The third-order valence-electron chi connectivity index (χ3n) is 4.95. The molecule has 144 valence electrons. The van der Waals surface area contributed by atoms with Crippen molar-refractivity contribution in [3.63, 3.8) is 0 Å². The number of urea groups is 1. The largest absolute Gasteiger partial charge is 0.497 e. The molecule has 0 radical (unpaired) electrons. The molecule has 6 nitrogen and oxygen atoms in total. The molecular formula is C21H27N3O3. The number of anilines is 1. The zero-order chi connectivity index (χ0) is 19.2. The topological polar surface area (TPSA) is 58.0 Å². The van der Waals surface area contributed by atoms with Gasteiger partial charge < -0.3 is 24.3 Å². The van der Waals surface area contributed by atoms with E-state index < -0.39 is 0 Å². The van der Waals surface area contributed by atoms with Crippen LogP contribution < -0.4 is 10.1 Å². The highest BCUT2D eigenvalue weighted by atomic mass is 16.5. The van der Waals surface area contributed by atoms with Crippen LogP contribution in [0.4, 0.5) is 10.5 Å². The molecule has 0 saturated carbocycles. The van der Waals surface area contributed by atoms with Crippen molar-refractivity contribution in [2.75, 3.05) is 25.5 Å². The van der Waals surface area contributed by atoms with E-state index in [1.54, 1.807) is 13.4 Å². The number of rotatable bonds is 6. The Bertz CT molecular complexity index is 747. The summed E-state index contributed by atoms with van der Waals surface area (Å²) in [5.74, 6) is 1.54. The molecule has 0 bridgehead atoms. The standard InChI is InChI=1S/C21H27N3O3/c1-16(2)23-12-10-18(11-13-23)24(15-20-5-4-14-27-20)21(25)22-17-6-8-19(26-3)9-7-17/h4-9,14,18H,1,10-13,15H2,2-3H3,(H,22,25). The lowest BCUT2D eigenvalue weighted by Gasteiger charge is -2.39.